The number of benzene rings is 2. The van der Waals surface area contributed by atoms with Crippen molar-refractivity contribution in [3.05, 3.63) is 71.8 Å². The molecule has 4 heteroatoms. The van der Waals surface area contributed by atoms with Crippen LogP contribution >= 0.6 is 0 Å². The van der Waals surface area contributed by atoms with Gasteiger partial charge in [-0.2, -0.15) is 0 Å². The van der Waals surface area contributed by atoms with Gasteiger partial charge in [0, 0.05) is 5.41 Å². The van der Waals surface area contributed by atoms with Gasteiger partial charge in [0.1, 0.15) is 11.7 Å². The van der Waals surface area contributed by atoms with E-state index in [4.69, 9.17) is 9.47 Å². The van der Waals surface area contributed by atoms with Crippen LogP contribution in [0.4, 0.5) is 0 Å². The van der Waals surface area contributed by atoms with Crippen molar-refractivity contribution in [3.8, 4) is 0 Å². The van der Waals surface area contributed by atoms with E-state index in [1.165, 1.54) is 0 Å². The highest BCUT2D eigenvalue weighted by Gasteiger charge is 2.48. The molecular formula is C25H32O4. The fourth-order valence-electron chi connectivity index (χ4n) is 3.82. The Bertz CT molecular complexity index is 806. The van der Waals surface area contributed by atoms with Crippen molar-refractivity contribution in [2.75, 3.05) is 0 Å². The van der Waals surface area contributed by atoms with Crippen molar-refractivity contribution in [3.63, 3.8) is 0 Å². The molecule has 0 aliphatic carbocycles. The molecule has 0 spiro atoms. The van der Waals surface area contributed by atoms with Gasteiger partial charge in [-0.3, -0.25) is 0 Å². The second-order valence-corrected chi connectivity index (χ2v) is 9.18. The molecule has 156 valence electrons. The van der Waals surface area contributed by atoms with Crippen molar-refractivity contribution in [2.24, 2.45) is 11.3 Å². The Morgan fingerprint density at radius 1 is 0.793 bits per heavy atom. The molecule has 0 aliphatic heterocycles. The molecule has 2 rings (SSSR count). The quantitative estimate of drug-likeness (QED) is 0.545. The van der Waals surface area contributed by atoms with Crippen LogP contribution in [0, 0.1) is 11.3 Å². The van der Waals surface area contributed by atoms with E-state index in [0.717, 1.165) is 0 Å². The van der Waals surface area contributed by atoms with E-state index in [1.54, 1.807) is 48.5 Å². The first kappa shape index (κ1) is 22.7. The molecule has 0 amide bonds. The maximum absolute atomic E-state index is 12.9. The van der Waals surface area contributed by atoms with E-state index in [-0.39, 0.29) is 5.92 Å². The molecule has 0 aromatic heterocycles. The topological polar surface area (TPSA) is 52.6 Å². The zero-order valence-electron chi connectivity index (χ0n) is 18.3. The third-order valence-corrected chi connectivity index (χ3v) is 4.72. The first-order valence-electron chi connectivity index (χ1n) is 10.1. The number of esters is 2. The van der Waals surface area contributed by atoms with Crippen LogP contribution in [0.15, 0.2) is 60.7 Å². The van der Waals surface area contributed by atoms with Crippen LogP contribution in [0.25, 0.3) is 0 Å². The molecule has 4 nitrogen and oxygen atoms in total. The van der Waals surface area contributed by atoms with Crippen LogP contribution in [-0.2, 0) is 9.47 Å². The zero-order chi connectivity index (χ0) is 21.7. The van der Waals surface area contributed by atoms with E-state index < -0.39 is 29.1 Å². The number of carbonyl (C=O) groups is 2. The highest BCUT2D eigenvalue weighted by Crippen LogP contribution is 2.38. The summed E-state index contributed by atoms with van der Waals surface area (Å²) in [4.78, 5) is 25.7. The summed E-state index contributed by atoms with van der Waals surface area (Å²) in [6.45, 7) is 12.0. The van der Waals surface area contributed by atoms with Crippen molar-refractivity contribution in [2.45, 2.75) is 59.7 Å². The van der Waals surface area contributed by atoms with Crippen LogP contribution in [0.5, 0.6) is 0 Å². The van der Waals surface area contributed by atoms with E-state index in [2.05, 4.69) is 13.8 Å². The highest BCUT2D eigenvalue weighted by atomic mass is 16.6. The average Bonchev–Trinajstić information content (AvgIpc) is 2.65. The minimum Gasteiger partial charge on any atom is -0.454 e. The average molecular weight is 397 g/mol. The van der Waals surface area contributed by atoms with Gasteiger partial charge < -0.3 is 9.47 Å². The lowest BCUT2D eigenvalue weighted by atomic mass is 9.75. The van der Waals surface area contributed by atoms with Gasteiger partial charge >= 0.3 is 11.9 Å². The van der Waals surface area contributed by atoms with Gasteiger partial charge in [-0.1, -0.05) is 71.0 Å². The molecular weight excluding hydrogens is 364 g/mol. The van der Waals surface area contributed by atoms with Crippen molar-refractivity contribution in [1.82, 2.24) is 0 Å². The monoisotopic (exact) mass is 396 g/mol. The molecule has 0 bridgehead atoms. The lowest BCUT2D eigenvalue weighted by Gasteiger charge is -2.44. The van der Waals surface area contributed by atoms with Crippen LogP contribution in [0.1, 0.15) is 68.7 Å². The van der Waals surface area contributed by atoms with Gasteiger partial charge in [0.05, 0.1) is 11.1 Å². The van der Waals surface area contributed by atoms with Gasteiger partial charge in [0.2, 0.25) is 0 Å². The molecule has 0 saturated heterocycles. The lowest BCUT2D eigenvalue weighted by molar-refractivity contribution is -0.132. The van der Waals surface area contributed by atoms with Crippen molar-refractivity contribution < 1.29 is 19.1 Å². The lowest BCUT2D eigenvalue weighted by Crippen LogP contribution is -2.53. The molecule has 2 aromatic rings. The predicted octanol–water partition coefficient (Wildman–Crippen LogP) is 5.92. The van der Waals surface area contributed by atoms with Gasteiger partial charge in [-0.15, -0.1) is 0 Å². The van der Waals surface area contributed by atoms with E-state index in [1.807, 2.05) is 39.8 Å². The van der Waals surface area contributed by atoms with Crippen molar-refractivity contribution >= 4 is 11.9 Å². The Morgan fingerprint density at radius 2 is 1.24 bits per heavy atom. The fourth-order valence-corrected chi connectivity index (χ4v) is 3.82. The van der Waals surface area contributed by atoms with E-state index in [0.29, 0.717) is 17.5 Å². The second kappa shape index (κ2) is 9.25. The molecule has 0 aliphatic rings. The minimum atomic E-state index is -0.982. The normalized spacial score (nSPS) is 14.7. The van der Waals surface area contributed by atoms with Crippen LogP contribution in [0.3, 0.4) is 0 Å². The second-order valence-electron chi connectivity index (χ2n) is 9.18. The summed E-state index contributed by atoms with van der Waals surface area (Å²) in [5, 5.41) is 0. The summed E-state index contributed by atoms with van der Waals surface area (Å²) in [7, 11) is 0. The Morgan fingerprint density at radius 3 is 1.66 bits per heavy atom. The third kappa shape index (κ3) is 6.18. The fraction of sp³-hybridized carbons (Fsp3) is 0.440. The molecule has 2 unspecified atom stereocenters. The Hall–Kier alpha value is -2.62. The number of rotatable bonds is 7. The number of hydrogen-bond acceptors (Lipinski definition) is 4. The standard InChI is InChI=1S/C25H32O4/c1-18(2)17-25(6,29-22(27)20-15-11-8-12-16-20)23(24(3,4)5)28-21(26)19-13-9-7-10-14-19/h7-16,18,23H,17H2,1-6H3. The van der Waals surface area contributed by atoms with E-state index >= 15 is 0 Å². The number of hydrogen-bond donors (Lipinski definition) is 0. The maximum Gasteiger partial charge on any atom is 0.338 e. The Labute approximate surface area is 174 Å². The molecule has 0 N–H and O–H groups in total. The predicted molar refractivity (Wildman–Crippen MR) is 115 cm³/mol. The largest absolute Gasteiger partial charge is 0.454 e. The summed E-state index contributed by atoms with van der Waals surface area (Å²) >= 11 is 0. The van der Waals surface area contributed by atoms with Gasteiger partial charge in [-0.05, 0) is 43.5 Å². The minimum absolute atomic E-state index is 0.240. The van der Waals surface area contributed by atoms with Gasteiger partial charge in [0.15, 0.2) is 0 Å². The molecule has 29 heavy (non-hydrogen) atoms. The third-order valence-electron chi connectivity index (χ3n) is 4.72. The summed E-state index contributed by atoms with van der Waals surface area (Å²) in [6, 6.07) is 17.8. The maximum atomic E-state index is 12.9. The molecule has 0 fully saturated rings. The zero-order valence-corrected chi connectivity index (χ0v) is 18.3. The van der Waals surface area contributed by atoms with Crippen LogP contribution < -0.4 is 0 Å². The SMILES string of the molecule is CC(C)CC(C)(OC(=O)c1ccccc1)C(OC(=O)c1ccccc1)C(C)(C)C. The summed E-state index contributed by atoms with van der Waals surface area (Å²) in [5.41, 5.74) is -0.470. The highest BCUT2D eigenvalue weighted by molar-refractivity contribution is 5.90. The summed E-state index contributed by atoms with van der Waals surface area (Å²) < 4.78 is 12.0. The first-order chi connectivity index (χ1) is 13.5. The number of ether oxygens (including phenoxy) is 2. The smallest absolute Gasteiger partial charge is 0.338 e. The summed E-state index contributed by atoms with van der Waals surface area (Å²) in [6.07, 6.45) is -0.0620. The van der Waals surface area contributed by atoms with Crippen LogP contribution in [-0.4, -0.2) is 23.6 Å². The molecule has 0 radical (unpaired) electrons. The van der Waals surface area contributed by atoms with Gasteiger partial charge in [-0.25, -0.2) is 9.59 Å². The first-order valence-corrected chi connectivity index (χ1v) is 10.1. The molecule has 2 aromatic carbocycles. The van der Waals surface area contributed by atoms with Crippen molar-refractivity contribution in [1.29, 1.82) is 0 Å². The molecule has 2 atom stereocenters. The van der Waals surface area contributed by atoms with Gasteiger partial charge in [0.25, 0.3) is 0 Å². The van der Waals surface area contributed by atoms with Crippen LogP contribution in [0.2, 0.25) is 0 Å². The summed E-state index contributed by atoms with van der Waals surface area (Å²) in [5.74, 6) is -0.598. The van der Waals surface area contributed by atoms with E-state index in [9.17, 15) is 9.59 Å². The Balaban J connectivity index is 2.37. The molecule has 0 heterocycles. The Kier molecular flexibility index (Phi) is 7.23. The molecule has 0 saturated carbocycles. The number of carbonyl (C=O) groups excluding carboxylic acids is 2.